The molecule has 1 aromatic carbocycles. The fraction of sp³-hybridized carbons (Fsp3) is 0.267. The Kier molecular flexibility index (Phi) is 4.07. The summed E-state index contributed by atoms with van der Waals surface area (Å²) in [7, 11) is 1.46. The highest BCUT2D eigenvalue weighted by atomic mass is 16.2. The number of aryl methyl sites for hydroxylation is 1. The minimum absolute atomic E-state index is 0.0871. The van der Waals surface area contributed by atoms with E-state index in [1.165, 1.54) is 11.9 Å². The molecule has 1 heterocycles. The normalized spacial score (nSPS) is 12.1. The number of hydrogen-bond donors (Lipinski definition) is 2. The van der Waals surface area contributed by atoms with Crippen molar-refractivity contribution in [2.24, 2.45) is 5.73 Å². The lowest BCUT2D eigenvalue weighted by Gasteiger charge is -2.21. The maximum atomic E-state index is 12.1. The predicted octanol–water partition coefficient (Wildman–Crippen LogP) is 0.321. The first-order valence-electron chi connectivity index (χ1n) is 6.51. The van der Waals surface area contributed by atoms with Crippen LogP contribution in [0, 0.1) is 6.92 Å². The standard InChI is InChI=1S/C15H17N3O3/c1-9-3-4-12-10(5-9)6-11(15(21)17-12)7-13(14(16)20)18(2)8-19/h3-6,8,13H,7H2,1-2H3,(H2,16,20)(H,17,21). The van der Waals surface area contributed by atoms with Gasteiger partial charge in [0.05, 0.1) is 0 Å². The minimum atomic E-state index is -0.842. The Bertz CT molecular complexity index is 751. The molecule has 1 unspecified atom stereocenters. The molecule has 110 valence electrons. The summed E-state index contributed by atoms with van der Waals surface area (Å²) in [6, 6.07) is 6.57. The van der Waals surface area contributed by atoms with E-state index in [4.69, 9.17) is 5.73 Å². The number of rotatable bonds is 5. The van der Waals surface area contributed by atoms with E-state index < -0.39 is 11.9 Å². The predicted molar refractivity (Wildman–Crippen MR) is 79.8 cm³/mol. The van der Waals surface area contributed by atoms with Gasteiger partial charge in [-0.25, -0.2) is 0 Å². The zero-order valence-electron chi connectivity index (χ0n) is 11.9. The number of pyridine rings is 1. The lowest BCUT2D eigenvalue weighted by molar-refractivity contribution is -0.129. The first-order chi connectivity index (χ1) is 9.92. The molecular formula is C15H17N3O3. The van der Waals surface area contributed by atoms with E-state index in [1.54, 1.807) is 6.07 Å². The summed E-state index contributed by atoms with van der Waals surface area (Å²) in [5.74, 6) is -0.645. The number of aromatic nitrogens is 1. The molecule has 1 aromatic heterocycles. The summed E-state index contributed by atoms with van der Waals surface area (Å²) in [5, 5.41) is 0.876. The molecule has 2 aromatic rings. The van der Waals surface area contributed by atoms with Crippen molar-refractivity contribution in [3.8, 4) is 0 Å². The molecule has 0 aliphatic heterocycles. The van der Waals surface area contributed by atoms with Crippen LogP contribution in [-0.2, 0) is 16.0 Å². The SMILES string of the molecule is Cc1ccc2[nH]c(=O)c(CC(C(N)=O)N(C)C=O)cc2c1. The molecule has 0 saturated heterocycles. The molecule has 2 rings (SSSR count). The van der Waals surface area contributed by atoms with E-state index in [1.807, 2.05) is 25.1 Å². The number of hydrogen-bond acceptors (Lipinski definition) is 3. The van der Waals surface area contributed by atoms with Gasteiger partial charge in [0.1, 0.15) is 6.04 Å². The van der Waals surface area contributed by atoms with Gasteiger partial charge in [-0.15, -0.1) is 0 Å². The molecule has 0 aliphatic carbocycles. The van der Waals surface area contributed by atoms with Crippen LogP contribution < -0.4 is 11.3 Å². The Labute approximate surface area is 121 Å². The number of H-pyrrole nitrogens is 1. The molecule has 0 saturated carbocycles. The highest BCUT2D eigenvalue weighted by molar-refractivity contribution is 5.83. The quantitative estimate of drug-likeness (QED) is 0.775. The molecule has 6 heteroatoms. The monoisotopic (exact) mass is 287 g/mol. The van der Waals surface area contributed by atoms with Crippen LogP contribution in [0.5, 0.6) is 0 Å². The van der Waals surface area contributed by atoms with Crippen LogP contribution in [-0.4, -0.2) is 35.3 Å². The number of nitrogens with two attached hydrogens (primary N) is 1. The number of nitrogens with one attached hydrogen (secondary N) is 1. The molecular weight excluding hydrogens is 270 g/mol. The molecule has 1 atom stereocenters. The zero-order chi connectivity index (χ0) is 15.6. The fourth-order valence-corrected chi connectivity index (χ4v) is 2.25. The van der Waals surface area contributed by atoms with Crippen LogP contribution >= 0.6 is 0 Å². The number of fused-ring (bicyclic) bond motifs is 1. The van der Waals surface area contributed by atoms with Gasteiger partial charge in [-0.3, -0.25) is 14.4 Å². The average molecular weight is 287 g/mol. The van der Waals surface area contributed by atoms with Crippen LogP contribution in [0.2, 0.25) is 0 Å². The van der Waals surface area contributed by atoms with E-state index >= 15 is 0 Å². The summed E-state index contributed by atoms with van der Waals surface area (Å²) < 4.78 is 0. The number of amides is 2. The number of benzene rings is 1. The topological polar surface area (TPSA) is 96.3 Å². The van der Waals surface area contributed by atoms with Gasteiger partial charge in [-0.1, -0.05) is 11.6 Å². The van der Waals surface area contributed by atoms with Gasteiger partial charge in [0, 0.05) is 24.5 Å². The van der Waals surface area contributed by atoms with Gasteiger partial charge >= 0.3 is 0 Å². The van der Waals surface area contributed by atoms with Crippen LogP contribution in [0.3, 0.4) is 0 Å². The Morgan fingerprint density at radius 2 is 2.14 bits per heavy atom. The van der Waals surface area contributed by atoms with E-state index in [2.05, 4.69) is 4.98 Å². The van der Waals surface area contributed by atoms with Crippen molar-refractivity contribution in [3.63, 3.8) is 0 Å². The molecule has 2 amide bonds. The van der Waals surface area contributed by atoms with E-state index in [9.17, 15) is 14.4 Å². The van der Waals surface area contributed by atoms with Crippen LogP contribution in [0.1, 0.15) is 11.1 Å². The fourth-order valence-electron chi connectivity index (χ4n) is 2.25. The van der Waals surface area contributed by atoms with Crippen molar-refractivity contribution in [1.82, 2.24) is 9.88 Å². The van der Waals surface area contributed by atoms with Gasteiger partial charge in [0.15, 0.2) is 0 Å². The maximum Gasteiger partial charge on any atom is 0.251 e. The highest BCUT2D eigenvalue weighted by Crippen LogP contribution is 2.14. The maximum absolute atomic E-state index is 12.1. The van der Waals surface area contributed by atoms with Crippen LogP contribution in [0.15, 0.2) is 29.1 Å². The Morgan fingerprint density at radius 3 is 2.76 bits per heavy atom. The molecule has 3 N–H and O–H groups in total. The highest BCUT2D eigenvalue weighted by Gasteiger charge is 2.21. The lowest BCUT2D eigenvalue weighted by atomic mass is 10.0. The van der Waals surface area contributed by atoms with E-state index in [0.29, 0.717) is 12.0 Å². The van der Waals surface area contributed by atoms with Gasteiger partial charge in [0.2, 0.25) is 12.3 Å². The van der Waals surface area contributed by atoms with Crippen molar-refractivity contribution in [3.05, 3.63) is 45.7 Å². The van der Waals surface area contributed by atoms with E-state index in [0.717, 1.165) is 16.5 Å². The van der Waals surface area contributed by atoms with Crippen LogP contribution in [0.4, 0.5) is 0 Å². The number of primary amides is 1. The average Bonchev–Trinajstić information content (AvgIpc) is 2.44. The molecule has 0 radical (unpaired) electrons. The van der Waals surface area contributed by atoms with Crippen molar-refractivity contribution >= 4 is 23.2 Å². The van der Waals surface area contributed by atoms with Crippen molar-refractivity contribution < 1.29 is 9.59 Å². The Balaban J connectivity index is 2.45. The molecule has 0 spiro atoms. The third kappa shape index (κ3) is 3.10. The Hall–Kier alpha value is -2.63. The lowest BCUT2D eigenvalue weighted by Crippen LogP contribution is -2.44. The summed E-state index contributed by atoms with van der Waals surface area (Å²) in [4.78, 5) is 38.3. The molecule has 0 fully saturated rings. The van der Waals surface area contributed by atoms with Gasteiger partial charge < -0.3 is 15.6 Å². The molecule has 0 bridgehead atoms. The van der Waals surface area contributed by atoms with Gasteiger partial charge in [-0.2, -0.15) is 0 Å². The first-order valence-corrected chi connectivity index (χ1v) is 6.51. The largest absolute Gasteiger partial charge is 0.368 e. The summed E-state index contributed by atoms with van der Waals surface area (Å²) in [6.07, 6.45) is 0.610. The second kappa shape index (κ2) is 5.78. The van der Waals surface area contributed by atoms with E-state index in [-0.39, 0.29) is 12.0 Å². The van der Waals surface area contributed by atoms with Gasteiger partial charge in [-0.05, 0) is 30.5 Å². The smallest absolute Gasteiger partial charge is 0.251 e. The first kappa shape index (κ1) is 14.8. The second-order valence-electron chi connectivity index (χ2n) is 5.11. The summed E-state index contributed by atoms with van der Waals surface area (Å²) >= 11 is 0. The van der Waals surface area contributed by atoms with Crippen molar-refractivity contribution in [2.45, 2.75) is 19.4 Å². The molecule has 6 nitrogen and oxygen atoms in total. The number of nitrogens with zero attached hydrogens (tertiary/aromatic N) is 1. The van der Waals surface area contributed by atoms with Gasteiger partial charge in [0.25, 0.3) is 5.56 Å². The molecule has 21 heavy (non-hydrogen) atoms. The number of aromatic amines is 1. The zero-order valence-corrected chi connectivity index (χ0v) is 11.9. The van der Waals surface area contributed by atoms with Crippen molar-refractivity contribution in [2.75, 3.05) is 7.05 Å². The van der Waals surface area contributed by atoms with Crippen molar-refractivity contribution in [1.29, 1.82) is 0 Å². The third-order valence-electron chi connectivity index (χ3n) is 3.48. The minimum Gasteiger partial charge on any atom is -0.368 e. The summed E-state index contributed by atoms with van der Waals surface area (Å²) in [5.41, 5.74) is 7.23. The molecule has 0 aliphatic rings. The second-order valence-corrected chi connectivity index (χ2v) is 5.11. The third-order valence-corrected chi connectivity index (χ3v) is 3.48. The number of carbonyl (C=O) groups is 2. The Morgan fingerprint density at radius 1 is 1.43 bits per heavy atom. The summed E-state index contributed by atoms with van der Waals surface area (Å²) in [6.45, 7) is 1.95. The number of likely N-dealkylation sites (N-methyl/N-ethyl adjacent to an activating group) is 1. The number of carbonyl (C=O) groups excluding carboxylic acids is 2. The van der Waals surface area contributed by atoms with Crippen LogP contribution in [0.25, 0.3) is 10.9 Å².